The predicted octanol–water partition coefficient (Wildman–Crippen LogP) is 9.26. The lowest BCUT2D eigenvalue weighted by atomic mass is 10.1. The van der Waals surface area contributed by atoms with Gasteiger partial charge in [-0.05, 0) is 69.2 Å². The van der Waals surface area contributed by atoms with Gasteiger partial charge >= 0.3 is 0 Å². The predicted molar refractivity (Wildman–Crippen MR) is 219 cm³/mol. The molecule has 0 unspecified atom stereocenters. The van der Waals surface area contributed by atoms with Crippen LogP contribution in [0.3, 0.4) is 0 Å². The van der Waals surface area contributed by atoms with Crippen molar-refractivity contribution in [3.05, 3.63) is 206 Å². The molecule has 0 N–H and O–H groups in total. The molecule has 2 heterocycles. The number of hydrogen-bond donors (Lipinski definition) is 0. The first-order valence-corrected chi connectivity index (χ1v) is 18.8. The van der Waals surface area contributed by atoms with Crippen LogP contribution in [0.2, 0.25) is 0 Å². The van der Waals surface area contributed by atoms with Gasteiger partial charge in [0.25, 0.3) is 0 Å². The number of hydrogen-bond acceptors (Lipinski definition) is 0. The highest BCUT2D eigenvalue weighted by molar-refractivity contribution is 7.20. The minimum Gasteiger partial charge on any atom is -0.309 e. The van der Waals surface area contributed by atoms with Crippen molar-refractivity contribution in [1.29, 1.82) is 0 Å². The first kappa shape index (κ1) is 20.9. The average Bonchev–Trinajstić information content (AvgIpc) is 3.80. The van der Waals surface area contributed by atoms with Crippen molar-refractivity contribution >= 4 is 72.4 Å². The lowest BCUT2D eigenvalue weighted by Gasteiger charge is -2.34. The average molecular weight is 677 g/mol. The zero-order valence-electron chi connectivity index (χ0n) is 37.3. The summed E-state index contributed by atoms with van der Waals surface area (Å²) in [6, 6.07) is 44.2. The van der Waals surface area contributed by atoms with Gasteiger partial charge in [-0.15, -0.1) is 0 Å². The van der Waals surface area contributed by atoms with Crippen molar-refractivity contribution in [3.63, 3.8) is 0 Å². The number of para-hydroxylation sites is 3. The Labute approximate surface area is 312 Å². The van der Waals surface area contributed by atoms with Crippen molar-refractivity contribution in [1.82, 2.24) is 9.13 Å². The van der Waals surface area contributed by atoms with Gasteiger partial charge in [-0.2, -0.15) is 0 Å². The molecule has 10 rings (SSSR count). The molecular formula is C48H34N2Si. The molecule has 240 valence electrons. The summed E-state index contributed by atoms with van der Waals surface area (Å²) in [5, 5.41) is 6.48. The second-order valence-corrected chi connectivity index (χ2v) is 16.3. The molecule has 2 aromatic heterocycles. The molecule has 8 aromatic carbocycles. The minimum absolute atomic E-state index is 0.0814. The van der Waals surface area contributed by atoms with E-state index in [2.05, 4.69) is 34.9 Å². The fourth-order valence-electron chi connectivity index (χ4n) is 7.93. The van der Waals surface area contributed by atoms with Crippen LogP contribution in [0.5, 0.6) is 0 Å². The van der Waals surface area contributed by atoms with Gasteiger partial charge in [0.1, 0.15) is 0 Å². The summed E-state index contributed by atoms with van der Waals surface area (Å²) >= 11 is 0. The second-order valence-electron chi connectivity index (χ2n) is 12.6. The fraction of sp³-hybridized carbons (Fsp3) is 0. The third-order valence-corrected chi connectivity index (χ3v) is 14.6. The van der Waals surface area contributed by atoms with Crippen LogP contribution in [-0.2, 0) is 0 Å². The van der Waals surface area contributed by atoms with E-state index in [-0.39, 0.29) is 41.9 Å². The monoisotopic (exact) mass is 676 g/mol. The molecule has 0 aliphatic carbocycles. The van der Waals surface area contributed by atoms with Crippen LogP contribution in [0.4, 0.5) is 0 Å². The van der Waals surface area contributed by atoms with Gasteiger partial charge in [0.2, 0.25) is 0 Å². The summed E-state index contributed by atoms with van der Waals surface area (Å²) in [4.78, 5) is 0. The number of aromatic nitrogens is 2. The molecule has 3 heteroatoms. The largest absolute Gasteiger partial charge is 0.309 e. The van der Waals surface area contributed by atoms with Gasteiger partial charge in [0, 0.05) is 32.9 Å². The van der Waals surface area contributed by atoms with Gasteiger partial charge in [-0.1, -0.05) is 158 Å². The first-order chi connectivity index (χ1) is 29.5. The van der Waals surface area contributed by atoms with Crippen LogP contribution in [0.1, 0.15) is 13.7 Å². The van der Waals surface area contributed by atoms with Gasteiger partial charge in [-0.25, -0.2) is 0 Å². The van der Waals surface area contributed by atoms with Crippen LogP contribution in [0, 0.1) is 0 Å². The lowest BCUT2D eigenvalue weighted by Crippen LogP contribution is -2.74. The molecule has 2 nitrogen and oxygen atoms in total. The number of benzene rings is 8. The van der Waals surface area contributed by atoms with Crippen molar-refractivity contribution in [2.24, 2.45) is 0 Å². The molecule has 0 aliphatic heterocycles. The van der Waals surface area contributed by atoms with E-state index in [0.29, 0.717) is 16.2 Å². The summed E-state index contributed by atoms with van der Waals surface area (Å²) in [5.74, 6) is 0. The van der Waals surface area contributed by atoms with E-state index in [9.17, 15) is 2.74 Å². The molecule has 10 aromatic rings. The molecule has 51 heavy (non-hydrogen) atoms. The molecule has 0 bridgehead atoms. The SMILES string of the molecule is [2H]c1c([2H])c([2H])c(-n2c3ccccc3c3cc(-n4c5ccccc5c5cc([Si](c6ccccc6)(c6ccccc6)c6c([2H])c([2H])c([2H])c([2H])c6[2H])ccc54)ccc32)c([2H])c1[2H]. The summed E-state index contributed by atoms with van der Waals surface area (Å²) in [7, 11) is -3.65. The molecule has 0 atom stereocenters. The lowest BCUT2D eigenvalue weighted by molar-refractivity contribution is 1.17. The van der Waals surface area contributed by atoms with Gasteiger partial charge in [0.15, 0.2) is 8.07 Å². The zero-order chi connectivity index (χ0) is 42.5. The van der Waals surface area contributed by atoms with Gasteiger partial charge < -0.3 is 9.13 Å². The smallest absolute Gasteiger partial charge is 0.179 e. The van der Waals surface area contributed by atoms with E-state index in [1.165, 1.54) is 0 Å². The van der Waals surface area contributed by atoms with Crippen LogP contribution in [0.25, 0.3) is 55.0 Å². The Morgan fingerprint density at radius 1 is 0.333 bits per heavy atom. The van der Waals surface area contributed by atoms with E-state index < -0.39 is 32.2 Å². The highest BCUT2D eigenvalue weighted by atomic mass is 28.3. The van der Waals surface area contributed by atoms with E-state index in [1.54, 1.807) is 4.57 Å². The second kappa shape index (κ2) is 11.9. The first-order valence-electron chi connectivity index (χ1n) is 21.8. The summed E-state index contributed by atoms with van der Waals surface area (Å²) in [6.07, 6.45) is 0. The Morgan fingerprint density at radius 3 is 1.41 bits per heavy atom. The molecule has 0 saturated carbocycles. The van der Waals surface area contributed by atoms with Crippen molar-refractivity contribution in [2.45, 2.75) is 0 Å². The van der Waals surface area contributed by atoms with Gasteiger partial charge in [0.05, 0.1) is 35.8 Å². The number of rotatable bonds is 6. The summed E-state index contributed by atoms with van der Waals surface area (Å²) in [5.41, 5.74) is 4.14. The minimum atomic E-state index is -3.65. The molecular weight excluding hydrogens is 633 g/mol. The maximum Gasteiger partial charge on any atom is 0.179 e. The highest BCUT2D eigenvalue weighted by Crippen LogP contribution is 2.36. The van der Waals surface area contributed by atoms with E-state index in [4.69, 9.17) is 11.0 Å². The van der Waals surface area contributed by atoms with Crippen LogP contribution in [-0.4, -0.2) is 17.2 Å². The fourth-order valence-corrected chi connectivity index (χ4v) is 12.4. The number of fused-ring (bicyclic) bond motifs is 6. The zero-order valence-corrected chi connectivity index (χ0v) is 28.3. The van der Waals surface area contributed by atoms with Gasteiger partial charge in [-0.3, -0.25) is 0 Å². The topological polar surface area (TPSA) is 9.86 Å². The Morgan fingerprint density at radius 2 is 0.804 bits per heavy atom. The molecule has 0 radical (unpaired) electrons. The molecule has 0 spiro atoms. The normalized spacial score (nSPS) is 14.7. The highest BCUT2D eigenvalue weighted by Gasteiger charge is 2.41. The van der Waals surface area contributed by atoms with Crippen molar-refractivity contribution in [3.8, 4) is 11.4 Å². The summed E-state index contributed by atoms with van der Waals surface area (Å²) < 4.78 is 91.6. The Balaban J connectivity index is 1.28. The van der Waals surface area contributed by atoms with Crippen LogP contribution >= 0.6 is 0 Å². The molecule has 0 aliphatic rings. The number of nitrogens with zero attached hydrogens (tertiary/aromatic N) is 2. The molecule has 0 fully saturated rings. The summed E-state index contributed by atoms with van der Waals surface area (Å²) in [6.45, 7) is 0. The van der Waals surface area contributed by atoms with E-state index in [1.807, 2.05) is 115 Å². The molecule has 0 saturated heterocycles. The third-order valence-electron chi connectivity index (χ3n) is 10.0. The Kier molecular flexibility index (Phi) is 4.87. The van der Waals surface area contributed by atoms with Crippen molar-refractivity contribution in [2.75, 3.05) is 0 Å². The quantitative estimate of drug-likeness (QED) is 0.123. The maximum absolute atomic E-state index is 9.39. The maximum atomic E-state index is 9.39. The van der Waals surface area contributed by atoms with Crippen LogP contribution in [0.15, 0.2) is 206 Å². The third kappa shape index (κ3) is 4.49. The molecule has 0 amide bonds. The Bertz CT molecular complexity index is 3340. The standard InChI is InChI=1S/C48H34N2Si/c1-5-17-35(18-6-1)49-45-27-15-13-25-41(45)43-33-36(29-31-47(43)49)50-46-28-16-14-26-42(46)44-34-40(30-32-48(44)50)51(37-19-7-2-8-20-37,38-21-9-3-10-22-38)39-23-11-4-12-24-39/h1-34H/i1D,2D,5D,6D,7D,8D,17D,18D,19D,20D. The van der Waals surface area contributed by atoms with Crippen LogP contribution < -0.4 is 20.7 Å². The van der Waals surface area contributed by atoms with E-state index >= 15 is 0 Å². The van der Waals surface area contributed by atoms with E-state index in [0.717, 1.165) is 53.8 Å². The Hall–Kier alpha value is -6.42. The van der Waals surface area contributed by atoms with Crippen molar-refractivity contribution < 1.29 is 13.7 Å².